The molecule has 0 aliphatic carbocycles. The van der Waals surface area contributed by atoms with Gasteiger partial charge in [-0.2, -0.15) is 11.8 Å². The van der Waals surface area contributed by atoms with Crippen LogP contribution in [0.3, 0.4) is 0 Å². The van der Waals surface area contributed by atoms with Crippen molar-refractivity contribution in [3.05, 3.63) is 29.8 Å². The Balaban J connectivity index is 2.24. The van der Waals surface area contributed by atoms with Crippen LogP contribution >= 0.6 is 11.8 Å². The fraction of sp³-hybridized carbons (Fsp3) is 0.417. The summed E-state index contributed by atoms with van der Waals surface area (Å²) in [5, 5.41) is 8.60. The summed E-state index contributed by atoms with van der Waals surface area (Å²) in [4.78, 5) is 10.5. The summed E-state index contributed by atoms with van der Waals surface area (Å²) < 4.78 is 5.07. The van der Waals surface area contributed by atoms with Crippen molar-refractivity contribution in [3.63, 3.8) is 0 Å². The van der Waals surface area contributed by atoms with Crippen LogP contribution in [0.15, 0.2) is 24.3 Å². The van der Waals surface area contributed by atoms with Gasteiger partial charge in [0.05, 0.1) is 7.11 Å². The quantitative estimate of drug-likeness (QED) is 0.720. The molecule has 3 N–H and O–H groups in total. The number of aryl methyl sites for hydroxylation is 1. The molecule has 1 atom stereocenters. The molecule has 0 amide bonds. The molecule has 94 valence electrons. The Kier molecular flexibility index (Phi) is 5.86. The van der Waals surface area contributed by atoms with Gasteiger partial charge in [-0.05, 0) is 29.9 Å². The Morgan fingerprint density at radius 3 is 2.65 bits per heavy atom. The van der Waals surface area contributed by atoms with Crippen LogP contribution in [0.2, 0.25) is 0 Å². The van der Waals surface area contributed by atoms with E-state index in [1.165, 1.54) is 5.56 Å². The maximum atomic E-state index is 10.5. The minimum Gasteiger partial charge on any atom is -0.497 e. The molecular weight excluding hydrogens is 238 g/mol. The lowest BCUT2D eigenvalue weighted by molar-refractivity contribution is -0.137. The highest BCUT2D eigenvalue weighted by Crippen LogP contribution is 2.13. The van der Waals surface area contributed by atoms with Crippen LogP contribution in [-0.4, -0.2) is 35.7 Å². The van der Waals surface area contributed by atoms with Crippen LogP contribution in [-0.2, 0) is 11.2 Å². The van der Waals surface area contributed by atoms with Gasteiger partial charge in [-0.3, -0.25) is 4.79 Å². The third kappa shape index (κ3) is 5.10. The molecule has 1 aromatic rings. The highest BCUT2D eigenvalue weighted by atomic mass is 32.2. The first kappa shape index (κ1) is 13.9. The first-order valence-electron chi connectivity index (χ1n) is 5.32. The molecule has 0 fully saturated rings. The van der Waals surface area contributed by atoms with E-state index in [-0.39, 0.29) is 0 Å². The van der Waals surface area contributed by atoms with Crippen molar-refractivity contribution in [2.45, 2.75) is 12.5 Å². The van der Waals surface area contributed by atoms with Crippen molar-refractivity contribution < 1.29 is 14.6 Å². The number of nitrogens with two attached hydrogens (primary N) is 1. The van der Waals surface area contributed by atoms with Gasteiger partial charge in [-0.15, -0.1) is 0 Å². The Bertz CT molecular complexity index is 353. The number of hydrogen-bond acceptors (Lipinski definition) is 4. The lowest BCUT2D eigenvalue weighted by Gasteiger charge is -2.06. The first-order valence-corrected chi connectivity index (χ1v) is 6.48. The Morgan fingerprint density at radius 2 is 2.12 bits per heavy atom. The maximum absolute atomic E-state index is 10.5. The second kappa shape index (κ2) is 7.19. The monoisotopic (exact) mass is 255 g/mol. The van der Waals surface area contributed by atoms with Crippen molar-refractivity contribution >= 4 is 17.7 Å². The number of methoxy groups -OCH3 is 1. The molecule has 0 aromatic heterocycles. The average Bonchev–Trinajstić information content (AvgIpc) is 2.35. The standard InChI is InChI=1S/C12H17NO3S/c1-16-10-4-2-9(3-5-10)6-7-17-8-11(13)12(14)15/h2-5,11H,6-8,13H2,1H3,(H,14,15). The maximum Gasteiger partial charge on any atom is 0.321 e. The zero-order valence-corrected chi connectivity index (χ0v) is 10.6. The SMILES string of the molecule is COc1ccc(CCSCC(N)C(=O)O)cc1. The third-order valence-corrected chi connectivity index (χ3v) is 3.40. The third-order valence-electron chi connectivity index (χ3n) is 2.31. The minimum atomic E-state index is -0.943. The molecule has 17 heavy (non-hydrogen) atoms. The number of carboxylic acids is 1. The first-order chi connectivity index (χ1) is 8.13. The molecule has 1 unspecified atom stereocenters. The van der Waals surface area contributed by atoms with E-state index < -0.39 is 12.0 Å². The van der Waals surface area contributed by atoms with E-state index in [9.17, 15) is 4.79 Å². The molecule has 0 spiro atoms. The fourth-order valence-electron chi connectivity index (χ4n) is 1.26. The molecule has 0 heterocycles. The second-order valence-electron chi connectivity index (χ2n) is 3.62. The van der Waals surface area contributed by atoms with Crippen LogP contribution in [0.1, 0.15) is 5.56 Å². The molecule has 0 radical (unpaired) electrons. The number of carboxylic acid groups (broad SMARTS) is 1. The fourth-order valence-corrected chi connectivity index (χ4v) is 2.21. The zero-order chi connectivity index (χ0) is 12.7. The highest BCUT2D eigenvalue weighted by Gasteiger charge is 2.10. The van der Waals surface area contributed by atoms with Gasteiger partial charge >= 0.3 is 5.97 Å². The van der Waals surface area contributed by atoms with Crippen molar-refractivity contribution in [2.24, 2.45) is 5.73 Å². The lowest BCUT2D eigenvalue weighted by Crippen LogP contribution is -2.32. The van der Waals surface area contributed by atoms with Gasteiger partial charge in [0.1, 0.15) is 11.8 Å². The van der Waals surface area contributed by atoms with Gasteiger partial charge in [-0.25, -0.2) is 0 Å². The Morgan fingerprint density at radius 1 is 1.47 bits per heavy atom. The molecular formula is C12H17NO3S. The van der Waals surface area contributed by atoms with E-state index in [4.69, 9.17) is 15.6 Å². The highest BCUT2D eigenvalue weighted by molar-refractivity contribution is 7.99. The number of ether oxygens (including phenoxy) is 1. The minimum absolute atomic E-state index is 0.450. The number of carbonyl (C=O) groups is 1. The number of thioether (sulfide) groups is 1. The molecule has 0 saturated heterocycles. The summed E-state index contributed by atoms with van der Waals surface area (Å²) in [6.45, 7) is 0. The summed E-state index contributed by atoms with van der Waals surface area (Å²) in [6.07, 6.45) is 0.904. The van der Waals surface area contributed by atoms with Crippen molar-refractivity contribution in [3.8, 4) is 5.75 Å². The van der Waals surface area contributed by atoms with E-state index in [0.29, 0.717) is 5.75 Å². The largest absolute Gasteiger partial charge is 0.497 e. The van der Waals surface area contributed by atoms with Gasteiger partial charge in [-0.1, -0.05) is 12.1 Å². The predicted molar refractivity (Wildman–Crippen MR) is 69.6 cm³/mol. The summed E-state index contributed by atoms with van der Waals surface area (Å²) in [6, 6.07) is 7.09. The summed E-state index contributed by atoms with van der Waals surface area (Å²) >= 11 is 1.56. The molecule has 4 nitrogen and oxygen atoms in total. The van der Waals surface area contributed by atoms with Crippen LogP contribution in [0, 0.1) is 0 Å². The van der Waals surface area contributed by atoms with E-state index >= 15 is 0 Å². The molecule has 0 aliphatic heterocycles. The summed E-state index contributed by atoms with van der Waals surface area (Å²) in [7, 11) is 1.64. The van der Waals surface area contributed by atoms with Crippen LogP contribution in [0.25, 0.3) is 0 Å². The van der Waals surface area contributed by atoms with Gasteiger partial charge < -0.3 is 15.6 Å². The van der Waals surface area contributed by atoms with Crippen molar-refractivity contribution in [1.82, 2.24) is 0 Å². The average molecular weight is 255 g/mol. The number of hydrogen-bond donors (Lipinski definition) is 2. The van der Waals surface area contributed by atoms with Crippen LogP contribution < -0.4 is 10.5 Å². The Labute approximate surface area is 105 Å². The smallest absolute Gasteiger partial charge is 0.321 e. The topological polar surface area (TPSA) is 72.5 Å². The molecule has 0 saturated carbocycles. The molecule has 5 heteroatoms. The summed E-state index contributed by atoms with van der Waals surface area (Å²) in [5.74, 6) is 1.22. The molecule has 1 rings (SSSR count). The van der Waals surface area contributed by atoms with Gasteiger partial charge in [0, 0.05) is 5.75 Å². The van der Waals surface area contributed by atoms with E-state index in [2.05, 4.69) is 0 Å². The van der Waals surface area contributed by atoms with Crippen LogP contribution in [0.4, 0.5) is 0 Å². The number of aliphatic carboxylic acids is 1. The van der Waals surface area contributed by atoms with Crippen molar-refractivity contribution in [1.29, 1.82) is 0 Å². The van der Waals surface area contributed by atoms with Gasteiger partial charge in [0.2, 0.25) is 0 Å². The van der Waals surface area contributed by atoms with E-state index in [1.54, 1.807) is 18.9 Å². The predicted octanol–water partition coefficient (Wildman–Crippen LogP) is 1.38. The zero-order valence-electron chi connectivity index (χ0n) is 9.76. The Hall–Kier alpha value is -1.20. The molecule has 1 aromatic carbocycles. The molecule has 0 bridgehead atoms. The summed E-state index contributed by atoms with van der Waals surface area (Å²) in [5.41, 5.74) is 6.61. The van der Waals surface area contributed by atoms with E-state index in [0.717, 1.165) is 17.9 Å². The lowest BCUT2D eigenvalue weighted by atomic mass is 10.2. The normalized spacial score (nSPS) is 12.1. The van der Waals surface area contributed by atoms with Crippen LogP contribution in [0.5, 0.6) is 5.75 Å². The van der Waals surface area contributed by atoms with Gasteiger partial charge in [0.25, 0.3) is 0 Å². The van der Waals surface area contributed by atoms with E-state index in [1.807, 2.05) is 24.3 Å². The number of benzene rings is 1. The number of rotatable bonds is 7. The second-order valence-corrected chi connectivity index (χ2v) is 4.77. The van der Waals surface area contributed by atoms with Crippen molar-refractivity contribution in [2.75, 3.05) is 18.6 Å². The van der Waals surface area contributed by atoms with Gasteiger partial charge in [0.15, 0.2) is 0 Å². The molecule has 0 aliphatic rings.